The first-order valence-electron chi connectivity index (χ1n) is 7.59. The fourth-order valence-corrected chi connectivity index (χ4v) is 2.29. The van der Waals surface area contributed by atoms with Crippen molar-refractivity contribution in [1.82, 2.24) is 5.32 Å². The molecule has 1 aromatic carbocycles. The van der Waals surface area contributed by atoms with Crippen LogP contribution in [0.4, 0.5) is 4.39 Å². The van der Waals surface area contributed by atoms with Gasteiger partial charge >= 0.3 is 0 Å². The van der Waals surface area contributed by atoms with E-state index in [-0.39, 0.29) is 17.7 Å². The summed E-state index contributed by atoms with van der Waals surface area (Å²) in [5, 5.41) is 12.0. The lowest BCUT2D eigenvalue weighted by Crippen LogP contribution is -2.50. The molecule has 6 heteroatoms. The van der Waals surface area contributed by atoms with Crippen LogP contribution in [0.1, 0.15) is 30.6 Å². The lowest BCUT2D eigenvalue weighted by molar-refractivity contribution is -0.0457. The number of amides is 1. The molecule has 1 amide bonds. The minimum absolute atomic E-state index is 0.147. The first kappa shape index (κ1) is 17.4. The number of allylic oxidation sites excluding steroid dienone is 1. The minimum Gasteiger partial charge on any atom is -0.505 e. The number of aromatic hydroxyl groups is 1. The van der Waals surface area contributed by atoms with Crippen LogP contribution in [-0.2, 0) is 9.47 Å². The summed E-state index contributed by atoms with van der Waals surface area (Å²) in [4.78, 5) is 12.2. The normalized spacial score (nSPS) is 20.8. The maximum Gasteiger partial charge on any atom is 0.251 e. The summed E-state index contributed by atoms with van der Waals surface area (Å²) in [6, 6.07) is 3.24. The molecule has 1 heterocycles. The van der Waals surface area contributed by atoms with E-state index in [1.165, 1.54) is 6.07 Å². The second kappa shape index (κ2) is 8.08. The Labute approximate surface area is 135 Å². The second-order valence-corrected chi connectivity index (χ2v) is 5.76. The average molecular weight is 323 g/mol. The van der Waals surface area contributed by atoms with Gasteiger partial charge in [-0.2, -0.15) is 0 Å². The molecule has 0 radical (unpaired) electrons. The van der Waals surface area contributed by atoms with Crippen molar-refractivity contribution >= 4 is 5.91 Å². The van der Waals surface area contributed by atoms with E-state index in [1.54, 1.807) is 0 Å². The molecule has 5 nitrogen and oxygen atoms in total. The zero-order valence-corrected chi connectivity index (χ0v) is 13.3. The molecule has 126 valence electrons. The van der Waals surface area contributed by atoms with Crippen LogP contribution in [-0.4, -0.2) is 43.0 Å². The fraction of sp³-hybridized carbons (Fsp3) is 0.471. The summed E-state index contributed by atoms with van der Waals surface area (Å²) < 4.78 is 24.5. The number of halogens is 1. The largest absolute Gasteiger partial charge is 0.505 e. The van der Waals surface area contributed by atoms with Gasteiger partial charge in [-0.25, -0.2) is 4.39 Å². The molecule has 0 aliphatic carbocycles. The first-order chi connectivity index (χ1) is 11.0. The minimum atomic E-state index is -0.825. The second-order valence-electron chi connectivity index (χ2n) is 5.76. The zero-order valence-electron chi connectivity index (χ0n) is 13.3. The molecular formula is C17H22FNO4. The molecule has 1 fully saturated rings. The summed E-state index contributed by atoms with van der Waals surface area (Å²) in [6.45, 7) is 5.40. The molecule has 2 atom stereocenters. The van der Waals surface area contributed by atoms with Gasteiger partial charge in [0.25, 0.3) is 5.91 Å². The predicted molar refractivity (Wildman–Crippen MR) is 83.9 cm³/mol. The van der Waals surface area contributed by atoms with Crippen molar-refractivity contribution in [3.63, 3.8) is 0 Å². The molecule has 0 bridgehead atoms. The van der Waals surface area contributed by atoms with Crippen LogP contribution >= 0.6 is 0 Å². The summed E-state index contributed by atoms with van der Waals surface area (Å²) in [7, 11) is 0. The van der Waals surface area contributed by atoms with Crippen LogP contribution in [0.15, 0.2) is 29.8 Å². The van der Waals surface area contributed by atoms with Crippen molar-refractivity contribution < 1.29 is 23.8 Å². The number of nitrogens with one attached hydrogen (secondary N) is 1. The highest BCUT2D eigenvalue weighted by Gasteiger charge is 2.28. The molecule has 1 aromatic rings. The zero-order chi connectivity index (χ0) is 16.8. The van der Waals surface area contributed by atoms with Gasteiger partial charge in [0.15, 0.2) is 11.6 Å². The van der Waals surface area contributed by atoms with Gasteiger partial charge in [0.1, 0.15) is 0 Å². The Morgan fingerprint density at radius 2 is 2.30 bits per heavy atom. The Morgan fingerprint density at radius 1 is 1.52 bits per heavy atom. The van der Waals surface area contributed by atoms with Gasteiger partial charge in [0, 0.05) is 12.2 Å². The van der Waals surface area contributed by atoms with Crippen molar-refractivity contribution in [3.8, 4) is 5.75 Å². The van der Waals surface area contributed by atoms with E-state index in [1.807, 2.05) is 19.9 Å². The maximum atomic E-state index is 13.4. The molecular weight excluding hydrogens is 301 g/mol. The van der Waals surface area contributed by atoms with Gasteiger partial charge in [0.05, 0.1) is 25.4 Å². The van der Waals surface area contributed by atoms with E-state index in [0.29, 0.717) is 26.2 Å². The lowest BCUT2D eigenvalue weighted by Gasteiger charge is -2.31. The Bertz CT molecular complexity index is 584. The van der Waals surface area contributed by atoms with Crippen molar-refractivity contribution in [2.75, 3.05) is 19.8 Å². The van der Waals surface area contributed by atoms with Crippen LogP contribution in [0, 0.1) is 5.82 Å². The molecule has 0 unspecified atom stereocenters. The van der Waals surface area contributed by atoms with Crippen molar-refractivity contribution in [2.24, 2.45) is 0 Å². The van der Waals surface area contributed by atoms with Crippen molar-refractivity contribution in [1.29, 1.82) is 0 Å². The van der Waals surface area contributed by atoms with Crippen LogP contribution in [0.2, 0.25) is 0 Å². The quantitative estimate of drug-likeness (QED) is 0.817. The van der Waals surface area contributed by atoms with E-state index >= 15 is 0 Å². The third-order valence-corrected chi connectivity index (χ3v) is 3.62. The first-order valence-corrected chi connectivity index (χ1v) is 7.59. The third-order valence-electron chi connectivity index (χ3n) is 3.62. The number of phenolic OH excluding ortho intramolecular Hbond substituents is 1. The van der Waals surface area contributed by atoms with Gasteiger partial charge in [0.2, 0.25) is 0 Å². The molecule has 1 saturated heterocycles. The molecule has 1 aliphatic heterocycles. The van der Waals surface area contributed by atoms with Gasteiger partial charge in [-0.3, -0.25) is 4.79 Å². The lowest BCUT2D eigenvalue weighted by atomic mass is 10.1. The molecule has 23 heavy (non-hydrogen) atoms. The Kier molecular flexibility index (Phi) is 6.12. The Hall–Kier alpha value is -1.92. The van der Waals surface area contributed by atoms with Gasteiger partial charge in [-0.05, 0) is 38.5 Å². The van der Waals surface area contributed by atoms with Gasteiger partial charge in [-0.1, -0.05) is 11.6 Å². The molecule has 2 N–H and O–H groups in total. The number of rotatable bonds is 5. The highest BCUT2D eigenvalue weighted by molar-refractivity contribution is 5.94. The molecule has 0 aromatic heterocycles. The number of hydrogen-bond donors (Lipinski definition) is 2. The summed E-state index contributed by atoms with van der Waals surface area (Å²) in [6.07, 6.45) is 2.51. The highest BCUT2D eigenvalue weighted by atomic mass is 19.1. The smallest absolute Gasteiger partial charge is 0.251 e. The average Bonchev–Trinajstić information content (AvgIpc) is 2.51. The monoisotopic (exact) mass is 323 g/mol. The van der Waals surface area contributed by atoms with Crippen LogP contribution in [0.5, 0.6) is 5.75 Å². The standard InChI is InChI=1S/C17H22FNO4/c1-11(2)5-8-23-16-6-7-22-10-14(16)19-17(21)12-3-4-15(20)13(18)9-12/h3-5,9,14,16,20H,6-8,10H2,1-2H3,(H,19,21)/t14-,16+/m0/s1. The molecule has 1 aliphatic rings. The van der Waals surface area contributed by atoms with E-state index < -0.39 is 17.5 Å². The highest BCUT2D eigenvalue weighted by Crippen LogP contribution is 2.17. The van der Waals surface area contributed by atoms with Crippen molar-refractivity contribution in [3.05, 3.63) is 41.2 Å². The van der Waals surface area contributed by atoms with Gasteiger partial charge < -0.3 is 19.9 Å². The SMILES string of the molecule is CC(C)=CCO[C@@H]1CCOC[C@@H]1NC(=O)c1ccc(O)c(F)c1. The number of benzene rings is 1. The number of carbonyl (C=O) groups excluding carboxylic acids is 1. The summed E-state index contributed by atoms with van der Waals surface area (Å²) >= 11 is 0. The van der Waals surface area contributed by atoms with Crippen LogP contribution < -0.4 is 5.32 Å². The number of carbonyl (C=O) groups is 1. The van der Waals surface area contributed by atoms with E-state index in [0.717, 1.165) is 17.7 Å². The summed E-state index contributed by atoms with van der Waals surface area (Å²) in [5.74, 6) is -1.73. The van der Waals surface area contributed by atoms with E-state index in [9.17, 15) is 14.3 Å². The summed E-state index contributed by atoms with van der Waals surface area (Å²) in [5.41, 5.74) is 1.31. The molecule has 0 saturated carbocycles. The topological polar surface area (TPSA) is 67.8 Å². The van der Waals surface area contributed by atoms with Crippen LogP contribution in [0.25, 0.3) is 0 Å². The Balaban J connectivity index is 1.98. The maximum absolute atomic E-state index is 13.4. The van der Waals surface area contributed by atoms with Gasteiger partial charge in [-0.15, -0.1) is 0 Å². The molecule has 2 rings (SSSR count). The predicted octanol–water partition coefficient (Wildman–Crippen LogP) is 2.40. The number of ether oxygens (including phenoxy) is 2. The van der Waals surface area contributed by atoms with E-state index in [4.69, 9.17) is 9.47 Å². The molecule has 0 spiro atoms. The van der Waals surface area contributed by atoms with Crippen LogP contribution in [0.3, 0.4) is 0 Å². The fourth-order valence-electron chi connectivity index (χ4n) is 2.29. The Morgan fingerprint density at radius 3 is 3.00 bits per heavy atom. The van der Waals surface area contributed by atoms with Crippen molar-refractivity contribution in [2.45, 2.75) is 32.4 Å². The van der Waals surface area contributed by atoms with E-state index in [2.05, 4.69) is 5.32 Å². The number of hydrogen-bond acceptors (Lipinski definition) is 4. The number of phenols is 1. The third kappa shape index (κ3) is 5.04.